The maximum atomic E-state index is 13.6. The zero-order valence-corrected chi connectivity index (χ0v) is 23.5. The van der Waals surface area contributed by atoms with Gasteiger partial charge in [0, 0.05) is 28.2 Å². The zero-order valence-electron chi connectivity index (χ0n) is 21.1. The van der Waals surface area contributed by atoms with E-state index in [-0.39, 0.29) is 18.5 Å². The minimum atomic E-state index is -3.84. The van der Waals surface area contributed by atoms with Crippen LogP contribution in [-0.2, 0) is 26.2 Å². The molecule has 2 aromatic carbocycles. The van der Waals surface area contributed by atoms with Gasteiger partial charge in [-0.1, -0.05) is 36.2 Å². The number of hydrogen-bond donors (Lipinski definition) is 1. The van der Waals surface area contributed by atoms with Crippen molar-refractivity contribution in [1.82, 2.24) is 10.2 Å². The van der Waals surface area contributed by atoms with Gasteiger partial charge in [-0.05, 0) is 63.6 Å². The van der Waals surface area contributed by atoms with Crippen LogP contribution in [0.5, 0.6) is 5.75 Å². The molecule has 0 spiro atoms. The molecule has 0 saturated heterocycles. The molecule has 0 aromatic heterocycles. The molecule has 0 fully saturated rings. The van der Waals surface area contributed by atoms with Crippen molar-refractivity contribution in [3.63, 3.8) is 0 Å². The van der Waals surface area contributed by atoms with Crippen molar-refractivity contribution in [1.29, 1.82) is 0 Å². The summed E-state index contributed by atoms with van der Waals surface area (Å²) in [5.74, 6) is -0.378. The number of sulfonamides is 1. The second kappa shape index (κ2) is 13.2. The molecule has 1 N–H and O–H groups in total. The average molecular weight is 559 g/mol. The zero-order chi connectivity index (χ0) is 27.0. The van der Waals surface area contributed by atoms with Crippen molar-refractivity contribution in [2.75, 3.05) is 23.7 Å². The van der Waals surface area contributed by atoms with Crippen molar-refractivity contribution in [2.45, 2.75) is 52.7 Å². The summed E-state index contributed by atoms with van der Waals surface area (Å²) >= 11 is 12.7. The third-order valence-corrected chi connectivity index (χ3v) is 7.52. The molecular formula is C25H33Cl2N3O5S. The second-order valence-electron chi connectivity index (χ2n) is 8.41. The first-order chi connectivity index (χ1) is 16.9. The number of nitrogens with zero attached hydrogens (tertiary/aromatic N) is 2. The Morgan fingerprint density at radius 2 is 1.61 bits per heavy atom. The summed E-state index contributed by atoms with van der Waals surface area (Å²) < 4.78 is 31.7. The molecule has 2 amide bonds. The number of carbonyl (C=O) groups excluding carboxylic acids is 2. The summed E-state index contributed by atoms with van der Waals surface area (Å²) in [6, 6.07) is 10.3. The van der Waals surface area contributed by atoms with Crippen LogP contribution < -0.4 is 14.4 Å². The number of nitrogens with one attached hydrogen (secondary N) is 1. The molecular weight excluding hydrogens is 525 g/mol. The van der Waals surface area contributed by atoms with E-state index in [4.69, 9.17) is 27.9 Å². The standard InChI is InChI=1S/C25H33Cl2N3O5S/c1-6-17(3)28-25(32)18(4)29(15-21-22(26)9-8-10-23(21)27)24(31)16-30(36(5,33)34)19-11-13-20(14-12-19)35-7-2/h8-14,17-18H,6-7,15-16H2,1-5H3,(H,28,32)/t17-,18-/m0/s1. The predicted octanol–water partition coefficient (Wildman–Crippen LogP) is 4.49. The van der Waals surface area contributed by atoms with E-state index >= 15 is 0 Å². The molecule has 0 unspecified atom stereocenters. The van der Waals surface area contributed by atoms with Crippen LogP contribution in [0.25, 0.3) is 0 Å². The van der Waals surface area contributed by atoms with Gasteiger partial charge in [0.1, 0.15) is 18.3 Å². The molecule has 0 bridgehead atoms. The monoisotopic (exact) mass is 557 g/mol. The lowest BCUT2D eigenvalue weighted by Crippen LogP contribution is -2.52. The SMILES string of the molecule is CCOc1ccc(N(CC(=O)N(Cc2c(Cl)cccc2Cl)[C@@H](C)C(=O)N[C@@H](C)CC)S(C)(=O)=O)cc1. The summed E-state index contributed by atoms with van der Waals surface area (Å²) in [6.07, 6.45) is 1.73. The summed E-state index contributed by atoms with van der Waals surface area (Å²) in [4.78, 5) is 27.8. The number of hydrogen-bond acceptors (Lipinski definition) is 5. The van der Waals surface area contributed by atoms with Gasteiger partial charge in [0.15, 0.2) is 0 Å². The van der Waals surface area contributed by atoms with Gasteiger partial charge in [-0.15, -0.1) is 0 Å². The summed E-state index contributed by atoms with van der Waals surface area (Å²) in [7, 11) is -3.84. The van der Waals surface area contributed by atoms with E-state index < -0.39 is 28.5 Å². The molecule has 0 heterocycles. The first-order valence-electron chi connectivity index (χ1n) is 11.6. The average Bonchev–Trinajstić information content (AvgIpc) is 2.82. The Balaban J connectivity index is 2.42. The third-order valence-electron chi connectivity index (χ3n) is 5.67. The van der Waals surface area contributed by atoms with Crippen molar-refractivity contribution < 1.29 is 22.7 Å². The van der Waals surface area contributed by atoms with Gasteiger partial charge >= 0.3 is 0 Å². The normalized spacial score (nSPS) is 13.0. The van der Waals surface area contributed by atoms with Gasteiger partial charge in [0.2, 0.25) is 21.8 Å². The number of carbonyl (C=O) groups is 2. The largest absolute Gasteiger partial charge is 0.494 e. The maximum Gasteiger partial charge on any atom is 0.244 e. The van der Waals surface area contributed by atoms with Crippen LogP contribution in [0, 0.1) is 0 Å². The van der Waals surface area contributed by atoms with E-state index in [0.29, 0.717) is 40.1 Å². The highest BCUT2D eigenvalue weighted by atomic mass is 35.5. The Hall–Kier alpha value is -2.49. The Kier molecular flexibility index (Phi) is 10.9. The summed E-state index contributed by atoms with van der Waals surface area (Å²) in [5, 5.41) is 3.54. The smallest absolute Gasteiger partial charge is 0.244 e. The molecule has 36 heavy (non-hydrogen) atoms. The van der Waals surface area contributed by atoms with Crippen LogP contribution in [0.3, 0.4) is 0 Å². The van der Waals surface area contributed by atoms with Gasteiger partial charge in [0.05, 0.1) is 18.6 Å². The molecule has 11 heteroatoms. The van der Waals surface area contributed by atoms with E-state index in [9.17, 15) is 18.0 Å². The lowest BCUT2D eigenvalue weighted by atomic mass is 10.1. The molecule has 0 aliphatic carbocycles. The number of anilines is 1. The minimum Gasteiger partial charge on any atom is -0.494 e. The number of rotatable bonds is 12. The fraction of sp³-hybridized carbons (Fsp3) is 0.440. The topological polar surface area (TPSA) is 96.0 Å². The van der Waals surface area contributed by atoms with Gasteiger partial charge in [-0.2, -0.15) is 0 Å². The van der Waals surface area contributed by atoms with Crippen LogP contribution in [0.15, 0.2) is 42.5 Å². The summed E-state index contributed by atoms with van der Waals surface area (Å²) in [6.45, 7) is 7.09. The van der Waals surface area contributed by atoms with Crippen molar-refractivity contribution >= 4 is 50.7 Å². The third kappa shape index (κ3) is 8.01. The highest BCUT2D eigenvalue weighted by molar-refractivity contribution is 7.92. The highest BCUT2D eigenvalue weighted by Gasteiger charge is 2.31. The molecule has 8 nitrogen and oxygen atoms in total. The molecule has 198 valence electrons. The van der Waals surface area contributed by atoms with Crippen molar-refractivity contribution in [3.05, 3.63) is 58.1 Å². The maximum absolute atomic E-state index is 13.6. The number of halogens is 2. The van der Waals surface area contributed by atoms with Crippen molar-refractivity contribution in [2.24, 2.45) is 0 Å². The number of amides is 2. The molecule has 2 aromatic rings. The Morgan fingerprint density at radius 1 is 1.03 bits per heavy atom. The molecule has 0 aliphatic rings. The fourth-order valence-corrected chi connectivity index (χ4v) is 4.76. The second-order valence-corrected chi connectivity index (χ2v) is 11.1. The quantitative estimate of drug-likeness (QED) is 0.414. The van der Waals surface area contributed by atoms with Crippen LogP contribution >= 0.6 is 23.2 Å². The lowest BCUT2D eigenvalue weighted by Gasteiger charge is -2.32. The Morgan fingerprint density at radius 3 is 2.11 bits per heavy atom. The van der Waals surface area contributed by atoms with Gasteiger partial charge in [-0.25, -0.2) is 8.42 Å². The molecule has 0 radical (unpaired) electrons. The first-order valence-corrected chi connectivity index (χ1v) is 14.2. The first kappa shape index (κ1) is 29.7. The van der Waals surface area contributed by atoms with E-state index in [1.54, 1.807) is 49.4 Å². The molecule has 0 aliphatic heterocycles. The predicted molar refractivity (Wildman–Crippen MR) is 144 cm³/mol. The Labute approximate surface area is 223 Å². The van der Waals surface area contributed by atoms with Crippen LogP contribution in [0.2, 0.25) is 10.0 Å². The van der Waals surface area contributed by atoms with E-state index in [1.165, 1.54) is 4.90 Å². The summed E-state index contributed by atoms with van der Waals surface area (Å²) in [5.41, 5.74) is 0.756. The van der Waals surface area contributed by atoms with E-state index in [1.807, 2.05) is 20.8 Å². The van der Waals surface area contributed by atoms with Gasteiger partial charge < -0.3 is 15.0 Å². The molecule has 0 saturated carbocycles. The van der Waals surface area contributed by atoms with E-state index in [0.717, 1.165) is 10.6 Å². The highest BCUT2D eigenvalue weighted by Crippen LogP contribution is 2.27. The van der Waals surface area contributed by atoms with Gasteiger partial charge in [-0.3, -0.25) is 13.9 Å². The van der Waals surface area contributed by atoms with Crippen molar-refractivity contribution in [3.8, 4) is 5.75 Å². The molecule has 2 atom stereocenters. The number of benzene rings is 2. The Bertz CT molecular complexity index is 1140. The number of ether oxygens (including phenoxy) is 1. The molecule has 2 rings (SSSR count). The lowest BCUT2D eigenvalue weighted by molar-refractivity contribution is -0.139. The fourth-order valence-electron chi connectivity index (χ4n) is 3.39. The van der Waals surface area contributed by atoms with Crippen LogP contribution in [0.4, 0.5) is 5.69 Å². The van der Waals surface area contributed by atoms with Crippen LogP contribution in [-0.4, -0.2) is 56.6 Å². The van der Waals surface area contributed by atoms with E-state index in [2.05, 4.69) is 5.32 Å². The minimum absolute atomic E-state index is 0.0761. The van der Waals surface area contributed by atoms with Gasteiger partial charge in [0.25, 0.3) is 0 Å². The van der Waals surface area contributed by atoms with Crippen LogP contribution in [0.1, 0.15) is 39.7 Å².